The zero-order valence-corrected chi connectivity index (χ0v) is 8.83. The Hall–Kier alpha value is -1.32. The van der Waals surface area contributed by atoms with Gasteiger partial charge in [-0.05, 0) is 31.6 Å². The van der Waals surface area contributed by atoms with Crippen LogP contribution in [0.4, 0.5) is 0 Å². The van der Waals surface area contributed by atoms with Gasteiger partial charge in [0.25, 0.3) is 0 Å². The van der Waals surface area contributed by atoms with Crippen LogP contribution in [0.5, 0.6) is 0 Å². The van der Waals surface area contributed by atoms with Crippen molar-refractivity contribution in [2.24, 2.45) is 10.8 Å². The first-order valence-corrected chi connectivity index (χ1v) is 5.02. The molecule has 4 nitrogen and oxygen atoms in total. The number of fused-ring (bicyclic) bond motifs is 2. The maximum atomic E-state index is 11.3. The Morgan fingerprint density at radius 2 is 1.87 bits per heavy atom. The van der Waals surface area contributed by atoms with Crippen LogP contribution in [0.1, 0.15) is 33.1 Å². The average Bonchev–Trinajstić information content (AvgIpc) is 2.55. The molecule has 2 unspecified atom stereocenters. The number of rotatable bonds is 2. The van der Waals surface area contributed by atoms with Gasteiger partial charge in [-0.15, -0.1) is 0 Å². The molecule has 2 aliphatic rings. The Morgan fingerprint density at radius 3 is 2.27 bits per heavy atom. The fourth-order valence-corrected chi connectivity index (χ4v) is 3.18. The SMILES string of the molecule is CC1=C(C(=O)O)C2(C(=O)O)CCC1(C)C2. The van der Waals surface area contributed by atoms with Gasteiger partial charge >= 0.3 is 11.9 Å². The van der Waals surface area contributed by atoms with Crippen LogP contribution < -0.4 is 0 Å². The molecule has 0 spiro atoms. The average molecular weight is 210 g/mol. The largest absolute Gasteiger partial charge is 0.481 e. The van der Waals surface area contributed by atoms with Crippen LogP contribution in [0.2, 0.25) is 0 Å². The third kappa shape index (κ3) is 1.02. The highest BCUT2D eigenvalue weighted by molar-refractivity contribution is 5.99. The molecule has 15 heavy (non-hydrogen) atoms. The summed E-state index contributed by atoms with van der Waals surface area (Å²) in [5, 5.41) is 18.4. The molecule has 2 atom stereocenters. The molecule has 0 aromatic heterocycles. The quantitative estimate of drug-likeness (QED) is 0.726. The van der Waals surface area contributed by atoms with Crippen LogP contribution in [0, 0.1) is 10.8 Å². The van der Waals surface area contributed by atoms with Crippen molar-refractivity contribution in [1.29, 1.82) is 0 Å². The summed E-state index contributed by atoms with van der Waals surface area (Å²) in [5.41, 5.74) is -0.455. The number of carboxylic acid groups (broad SMARTS) is 2. The summed E-state index contributed by atoms with van der Waals surface area (Å²) in [5.74, 6) is -2.06. The lowest BCUT2D eigenvalue weighted by Crippen LogP contribution is -2.32. The molecule has 0 aliphatic heterocycles. The number of carbonyl (C=O) groups is 2. The van der Waals surface area contributed by atoms with Gasteiger partial charge in [-0.1, -0.05) is 12.5 Å². The zero-order chi connectivity index (χ0) is 11.4. The first-order chi connectivity index (χ1) is 6.83. The van der Waals surface area contributed by atoms with Gasteiger partial charge in [0.1, 0.15) is 5.41 Å². The summed E-state index contributed by atoms with van der Waals surface area (Å²) in [6.07, 6.45) is 1.68. The number of hydrogen-bond donors (Lipinski definition) is 2. The lowest BCUT2D eigenvalue weighted by atomic mass is 9.77. The summed E-state index contributed by atoms with van der Waals surface area (Å²) >= 11 is 0. The van der Waals surface area contributed by atoms with Crippen molar-refractivity contribution in [2.45, 2.75) is 33.1 Å². The Balaban J connectivity index is 2.62. The van der Waals surface area contributed by atoms with Crippen molar-refractivity contribution in [1.82, 2.24) is 0 Å². The van der Waals surface area contributed by atoms with Gasteiger partial charge < -0.3 is 10.2 Å². The number of hydrogen-bond acceptors (Lipinski definition) is 2. The van der Waals surface area contributed by atoms with E-state index in [-0.39, 0.29) is 11.0 Å². The van der Waals surface area contributed by atoms with Crippen LogP contribution in [0.25, 0.3) is 0 Å². The molecule has 0 aromatic rings. The fourth-order valence-electron chi connectivity index (χ4n) is 3.18. The number of carboxylic acids is 2. The van der Waals surface area contributed by atoms with Gasteiger partial charge in [-0.2, -0.15) is 0 Å². The molecule has 2 aliphatic carbocycles. The van der Waals surface area contributed by atoms with Gasteiger partial charge in [-0.25, -0.2) is 4.79 Å². The molecular formula is C11H14O4. The maximum absolute atomic E-state index is 11.3. The highest BCUT2D eigenvalue weighted by Gasteiger charge is 2.61. The summed E-state index contributed by atoms with van der Waals surface area (Å²) < 4.78 is 0. The normalized spacial score (nSPS) is 38.5. The molecule has 2 bridgehead atoms. The topological polar surface area (TPSA) is 74.6 Å². The van der Waals surface area contributed by atoms with E-state index in [1.165, 1.54) is 0 Å². The van der Waals surface area contributed by atoms with Crippen LogP contribution in [-0.2, 0) is 9.59 Å². The van der Waals surface area contributed by atoms with Crippen LogP contribution in [-0.4, -0.2) is 22.2 Å². The number of aliphatic carboxylic acids is 2. The molecule has 4 heteroatoms. The second-order valence-electron chi connectivity index (χ2n) is 4.93. The minimum atomic E-state index is -1.12. The van der Waals surface area contributed by atoms with E-state index < -0.39 is 17.4 Å². The Labute approximate surface area is 87.6 Å². The van der Waals surface area contributed by atoms with E-state index in [0.717, 1.165) is 12.0 Å². The minimum Gasteiger partial charge on any atom is -0.481 e. The lowest BCUT2D eigenvalue weighted by molar-refractivity contribution is -0.149. The van der Waals surface area contributed by atoms with Crippen molar-refractivity contribution in [3.63, 3.8) is 0 Å². The molecular weight excluding hydrogens is 196 g/mol. The highest BCUT2D eigenvalue weighted by Crippen LogP contribution is 2.64. The predicted molar refractivity (Wildman–Crippen MR) is 52.4 cm³/mol. The first kappa shape index (κ1) is 10.2. The maximum Gasteiger partial charge on any atom is 0.332 e. The van der Waals surface area contributed by atoms with E-state index in [0.29, 0.717) is 12.8 Å². The van der Waals surface area contributed by atoms with Gasteiger partial charge in [-0.3, -0.25) is 4.79 Å². The highest BCUT2D eigenvalue weighted by atomic mass is 16.4. The molecule has 2 N–H and O–H groups in total. The Bertz CT molecular complexity index is 395. The van der Waals surface area contributed by atoms with Gasteiger partial charge in [0.05, 0.1) is 5.57 Å². The van der Waals surface area contributed by atoms with Gasteiger partial charge in [0, 0.05) is 0 Å². The fraction of sp³-hybridized carbons (Fsp3) is 0.636. The third-order valence-corrected chi connectivity index (χ3v) is 4.18. The van der Waals surface area contributed by atoms with E-state index in [4.69, 9.17) is 5.11 Å². The molecule has 1 fully saturated rings. The Kier molecular flexibility index (Phi) is 1.78. The van der Waals surface area contributed by atoms with E-state index >= 15 is 0 Å². The van der Waals surface area contributed by atoms with E-state index in [2.05, 4.69) is 0 Å². The lowest BCUT2D eigenvalue weighted by Gasteiger charge is -2.25. The van der Waals surface area contributed by atoms with Crippen molar-refractivity contribution in [2.75, 3.05) is 0 Å². The summed E-state index contributed by atoms with van der Waals surface area (Å²) in [6, 6.07) is 0. The molecule has 0 amide bonds. The summed E-state index contributed by atoms with van der Waals surface area (Å²) in [4.78, 5) is 22.4. The molecule has 2 rings (SSSR count). The van der Waals surface area contributed by atoms with E-state index in [1.807, 2.05) is 6.92 Å². The van der Waals surface area contributed by atoms with Crippen molar-refractivity contribution in [3.05, 3.63) is 11.1 Å². The molecule has 82 valence electrons. The molecule has 1 saturated carbocycles. The standard InChI is InChI=1S/C11H14O4/c1-6-7(8(12)13)11(9(14)15)4-3-10(6,2)5-11/h3-5H2,1-2H3,(H,12,13)(H,14,15). The van der Waals surface area contributed by atoms with Crippen molar-refractivity contribution >= 4 is 11.9 Å². The van der Waals surface area contributed by atoms with E-state index in [9.17, 15) is 14.7 Å². The Morgan fingerprint density at radius 1 is 1.27 bits per heavy atom. The smallest absolute Gasteiger partial charge is 0.332 e. The predicted octanol–water partition coefficient (Wildman–Crippen LogP) is 1.66. The molecule has 0 heterocycles. The second-order valence-corrected chi connectivity index (χ2v) is 4.93. The third-order valence-electron chi connectivity index (χ3n) is 4.18. The summed E-state index contributed by atoms with van der Waals surface area (Å²) in [7, 11) is 0. The monoisotopic (exact) mass is 210 g/mol. The molecule has 0 saturated heterocycles. The van der Waals surface area contributed by atoms with Gasteiger partial charge in [0.15, 0.2) is 0 Å². The molecule has 0 radical (unpaired) electrons. The second kappa shape index (κ2) is 2.62. The van der Waals surface area contributed by atoms with E-state index in [1.54, 1.807) is 6.92 Å². The van der Waals surface area contributed by atoms with Crippen molar-refractivity contribution < 1.29 is 19.8 Å². The zero-order valence-electron chi connectivity index (χ0n) is 8.83. The first-order valence-electron chi connectivity index (χ1n) is 5.02. The molecule has 0 aromatic carbocycles. The van der Waals surface area contributed by atoms with Crippen LogP contribution in [0.3, 0.4) is 0 Å². The summed E-state index contributed by atoms with van der Waals surface area (Å²) in [6.45, 7) is 3.72. The van der Waals surface area contributed by atoms with Crippen LogP contribution in [0.15, 0.2) is 11.1 Å². The number of allylic oxidation sites excluding steroid dienone is 1. The minimum absolute atomic E-state index is 0.128. The van der Waals surface area contributed by atoms with Crippen molar-refractivity contribution in [3.8, 4) is 0 Å². The van der Waals surface area contributed by atoms with Gasteiger partial charge in [0.2, 0.25) is 0 Å². The van der Waals surface area contributed by atoms with Crippen LogP contribution >= 0.6 is 0 Å².